The van der Waals surface area contributed by atoms with E-state index in [1.54, 1.807) is 4.90 Å². The van der Waals surface area contributed by atoms with Crippen LogP contribution in [0.15, 0.2) is 18.2 Å². The number of nitrogens with two attached hydrogens (primary N) is 1. The maximum absolute atomic E-state index is 12.8. The Balaban J connectivity index is 1.47. The minimum atomic E-state index is 0.0375. The van der Waals surface area contributed by atoms with Gasteiger partial charge in [-0.15, -0.1) is 0 Å². The summed E-state index contributed by atoms with van der Waals surface area (Å²) in [5.74, 6) is 1.14. The van der Waals surface area contributed by atoms with Gasteiger partial charge in [0.15, 0.2) is 0 Å². The molecule has 25 heavy (non-hydrogen) atoms. The molecule has 2 aliphatic carbocycles. The Morgan fingerprint density at radius 1 is 1.24 bits per heavy atom. The Kier molecular flexibility index (Phi) is 4.28. The van der Waals surface area contributed by atoms with Crippen molar-refractivity contribution in [2.45, 2.75) is 44.6 Å². The maximum atomic E-state index is 12.8. The average Bonchev–Trinajstić information content (AvgIpc) is 2.58. The van der Waals surface area contributed by atoms with Gasteiger partial charge in [-0.25, -0.2) is 0 Å². The van der Waals surface area contributed by atoms with Crippen LogP contribution in [0, 0.1) is 17.8 Å². The van der Waals surface area contributed by atoms with Crippen LogP contribution >= 0.6 is 0 Å². The minimum absolute atomic E-state index is 0.0375. The Hall–Kier alpha value is -1.88. The number of likely N-dealkylation sites (N-methyl/N-ethyl adjacent to an activating group) is 1. The molecule has 1 aliphatic heterocycles. The second-order valence-corrected chi connectivity index (χ2v) is 8.03. The van der Waals surface area contributed by atoms with Gasteiger partial charge in [0.05, 0.1) is 0 Å². The van der Waals surface area contributed by atoms with E-state index in [9.17, 15) is 9.59 Å². The zero-order valence-corrected chi connectivity index (χ0v) is 14.8. The highest BCUT2D eigenvalue weighted by Crippen LogP contribution is 2.42. The highest BCUT2D eigenvalue weighted by atomic mass is 16.2. The topological polar surface area (TPSA) is 75.4 Å². The lowest BCUT2D eigenvalue weighted by molar-refractivity contribution is -0.122. The highest BCUT2D eigenvalue weighted by Gasteiger charge is 2.40. The van der Waals surface area contributed by atoms with E-state index in [1.807, 2.05) is 25.2 Å². The van der Waals surface area contributed by atoms with Crippen molar-refractivity contribution in [3.8, 4) is 0 Å². The fourth-order valence-electron chi connectivity index (χ4n) is 4.91. The smallest absolute Gasteiger partial charge is 0.253 e. The van der Waals surface area contributed by atoms with E-state index in [0.29, 0.717) is 17.4 Å². The molecule has 2 amide bonds. The minimum Gasteiger partial charge on any atom is -0.341 e. The number of carbonyl (C=O) groups excluding carboxylic acids is 2. The second kappa shape index (κ2) is 6.45. The first kappa shape index (κ1) is 16.6. The van der Waals surface area contributed by atoms with Crippen molar-refractivity contribution in [3.63, 3.8) is 0 Å². The summed E-state index contributed by atoms with van der Waals surface area (Å²) >= 11 is 0. The van der Waals surface area contributed by atoms with Gasteiger partial charge < -0.3 is 16.0 Å². The number of carbonyl (C=O) groups is 2. The van der Waals surface area contributed by atoms with Crippen LogP contribution in [0.5, 0.6) is 0 Å². The summed E-state index contributed by atoms with van der Waals surface area (Å²) in [7, 11) is 1.82. The third kappa shape index (κ3) is 3.06. The molecule has 4 rings (SSSR count). The molecule has 2 saturated carbocycles. The molecule has 0 spiro atoms. The molecule has 2 bridgehead atoms. The van der Waals surface area contributed by atoms with Crippen molar-refractivity contribution in [2.75, 3.05) is 18.9 Å². The van der Waals surface area contributed by atoms with Gasteiger partial charge >= 0.3 is 0 Å². The lowest BCUT2D eigenvalue weighted by Crippen LogP contribution is -2.48. The van der Waals surface area contributed by atoms with Crippen LogP contribution in [-0.2, 0) is 11.2 Å². The van der Waals surface area contributed by atoms with Crippen molar-refractivity contribution >= 4 is 17.5 Å². The number of hydrogen-bond donors (Lipinski definition) is 2. The molecule has 5 nitrogen and oxygen atoms in total. The zero-order chi connectivity index (χ0) is 17.6. The molecule has 3 N–H and O–H groups in total. The van der Waals surface area contributed by atoms with Crippen LogP contribution in [0.2, 0.25) is 0 Å². The zero-order valence-electron chi connectivity index (χ0n) is 14.8. The van der Waals surface area contributed by atoms with Crippen molar-refractivity contribution in [2.24, 2.45) is 23.5 Å². The molecular formula is C20H27N3O2. The van der Waals surface area contributed by atoms with Crippen LogP contribution in [0.1, 0.15) is 48.0 Å². The van der Waals surface area contributed by atoms with E-state index in [-0.39, 0.29) is 23.8 Å². The van der Waals surface area contributed by atoms with E-state index in [0.717, 1.165) is 49.9 Å². The number of rotatable bonds is 2. The van der Waals surface area contributed by atoms with Gasteiger partial charge in [0.1, 0.15) is 0 Å². The summed E-state index contributed by atoms with van der Waals surface area (Å²) in [6, 6.07) is 6.00. The standard InChI is InChI=1S/C20H27N3O2/c1-23-8-7-12-5-6-16(11-17(12)20(23)25)22-19(24)15-9-13-3-2-4-14(10-15)18(13)21/h5-6,11,13-15,18H,2-4,7-10,21H2,1H3,(H,22,24). The predicted octanol–water partition coefficient (Wildman–Crippen LogP) is 2.41. The summed E-state index contributed by atoms with van der Waals surface area (Å²) in [5.41, 5.74) is 8.84. The van der Waals surface area contributed by atoms with E-state index >= 15 is 0 Å². The summed E-state index contributed by atoms with van der Waals surface area (Å²) in [6.45, 7) is 0.753. The predicted molar refractivity (Wildman–Crippen MR) is 97.3 cm³/mol. The first-order valence-electron chi connectivity index (χ1n) is 9.48. The van der Waals surface area contributed by atoms with E-state index < -0.39 is 0 Å². The van der Waals surface area contributed by atoms with E-state index in [2.05, 4.69) is 5.32 Å². The van der Waals surface area contributed by atoms with Crippen molar-refractivity contribution in [1.82, 2.24) is 4.90 Å². The molecule has 2 unspecified atom stereocenters. The largest absolute Gasteiger partial charge is 0.341 e. The molecule has 3 aliphatic rings. The van der Waals surface area contributed by atoms with Gasteiger partial charge in [-0.05, 0) is 61.6 Å². The summed E-state index contributed by atoms with van der Waals surface area (Å²) < 4.78 is 0. The van der Waals surface area contributed by atoms with Gasteiger partial charge in [-0.3, -0.25) is 9.59 Å². The Bertz CT molecular complexity index is 688. The monoisotopic (exact) mass is 341 g/mol. The Morgan fingerprint density at radius 2 is 1.96 bits per heavy atom. The normalized spacial score (nSPS) is 31.4. The summed E-state index contributed by atoms with van der Waals surface area (Å²) in [4.78, 5) is 26.8. The Labute approximate surface area is 148 Å². The molecule has 0 aromatic heterocycles. The highest BCUT2D eigenvalue weighted by molar-refractivity contribution is 5.99. The van der Waals surface area contributed by atoms with Crippen LogP contribution in [0.3, 0.4) is 0 Å². The fraction of sp³-hybridized carbons (Fsp3) is 0.600. The molecule has 2 atom stereocenters. The quantitative estimate of drug-likeness (QED) is 0.867. The fourth-order valence-corrected chi connectivity index (χ4v) is 4.91. The summed E-state index contributed by atoms with van der Waals surface area (Å²) in [6.07, 6.45) is 6.22. The third-order valence-corrected chi connectivity index (χ3v) is 6.45. The van der Waals surface area contributed by atoms with Gasteiger partial charge in [0.2, 0.25) is 5.91 Å². The van der Waals surface area contributed by atoms with Crippen molar-refractivity contribution in [3.05, 3.63) is 29.3 Å². The molecule has 1 aromatic rings. The van der Waals surface area contributed by atoms with Crippen LogP contribution in [-0.4, -0.2) is 36.3 Å². The molecule has 134 valence electrons. The van der Waals surface area contributed by atoms with Gasteiger partial charge in [-0.1, -0.05) is 12.5 Å². The Morgan fingerprint density at radius 3 is 2.68 bits per heavy atom. The number of anilines is 1. The molecule has 1 heterocycles. The number of nitrogens with zero attached hydrogens (tertiary/aromatic N) is 1. The molecule has 1 aromatic carbocycles. The van der Waals surface area contributed by atoms with Crippen molar-refractivity contribution < 1.29 is 9.59 Å². The molecule has 5 heteroatoms. The SMILES string of the molecule is CN1CCc2ccc(NC(=O)C3CC4CCCC(C3)C4N)cc2C1=O. The van der Waals surface area contributed by atoms with Gasteiger partial charge in [-0.2, -0.15) is 0 Å². The lowest BCUT2D eigenvalue weighted by atomic mass is 9.65. The van der Waals surface area contributed by atoms with Crippen LogP contribution < -0.4 is 11.1 Å². The molecular weight excluding hydrogens is 314 g/mol. The number of hydrogen-bond acceptors (Lipinski definition) is 3. The molecule has 2 fully saturated rings. The van der Waals surface area contributed by atoms with Gasteiger partial charge in [0.25, 0.3) is 5.91 Å². The number of nitrogens with one attached hydrogen (secondary N) is 1. The van der Waals surface area contributed by atoms with Gasteiger partial charge in [0, 0.05) is 36.8 Å². The first-order valence-corrected chi connectivity index (χ1v) is 9.48. The third-order valence-electron chi connectivity index (χ3n) is 6.45. The van der Waals surface area contributed by atoms with Crippen molar-refractivity contribution in [1.29, 1.82) is 0 Å². The van der Waals surface area contributed by atoms with E-state index in [1.165, 1.54) is 6.42 Å². The lowest BCUT2D eigenvalue weighted by Gasteiger charge is -2.43. The molecule has 0 saturated heterocycles. The van der Waals surface area contributed by atoms with E-state index in [4.69, 9.17) is 5.73 Å². The average molecular weight is 341 g/mol. The summed E-state index contributed by atoms with van der Waals surface area (Å²) in [5, 5.41) is 3.05. The molecule has 0 radical (unpaired) electrons. The maximum Gasteiger partial charge on any atom is 0.253 e. The van der Waals surface area contributed by atoms with Crippen LogP contribution in [0.25, 0.3) is 0 Å². The number of benzene rings is 1. The second-order valence-electron chi connectivity index (χ2n) is 8.03. The number of amides is 2. The first-order chi connectivity index (χ1) is 12.0. The number of fused-ring (bicyclic) bond motifs is 3. The van der Waals surface area contributed by atoms with Crippen LogP contribution in [0.4, 0.5) is 5.69 Å².